The summed E-state index contributed by atoms with van der Waals surface area (Å²) in [6.07, 6.45) is 7.90. The Morgan fingerprint density at radius 3 is 2.45 bits per heavy atom. The van der Waals surface area contributed by atoms with E-state index in [0.29, 0.717) is 19.2 Å². The first-order chi connectivity index (χ1) is 14.1. The number of rotatable bonds is 8. The number of hydrogen-bond donors (Lipinski definition) is 2. The van der Waals surface area contributed by atoms with Gasteiger partial charge < -0.3 is 25.0 Å². The lowest BCUT2D eigenvalue weighted by atomic mass is 9.94. The number of ether oxygens (including phenoxy) is 1. The first-order valence-electron chi connectivity index (χ1n) is 11.1. The van der Waals surface area contributed by atoms with Crippen LogP contribution in [0.15, 0.2) is 24.3 Å². The molecule has 3 rings (SSSR count). The number of piperidine rings is 1. The zero-order valence-electron chi connectivity index (χ0n) is 18.0. The maximum absolute atomic E-state index is 12.6. The lowest BCUT2D eigenvalue weighted by molar-refractivity contribution is 0.0309. The quantitative estimate of drug-likeness (QED) is 0.699. The van der Waals surface area contributed by atoms with Crippen LogP contribution >= 0.6 is 0 Å². The number of benzene rings is 1. The molecular formula is C23H37N3O3. The number of aliphatic hydroxyl groups is 1. The molecule has 162 valence electrons. The van der Waals surface area contributed by atoms with Crippen LogP contribution in [-0.2, 0) is 4.74 Å². The molecule has 0 bridgehead atoms. The summed E-state index contributed by atoms with van der Waals surface area (Å²) in [4.78, 5) is 17.3. The molecular weight excluding hydrogens is 366 g/mol. The van der Waals surface area contributed by atoms with Crippen molar-refractivity contribution in [3.63, 3.8) is 0 Å². The van der Waals surface area contributed by atoms with Crippen molar-refractivity contribution < 1.29 is 14.6 Å². The molecule has 1 aliphatic carbocycles. The third-order valence-corrected chi connectivity index (χ3v) is 6.41. The highest BCUT2D eigenvalue weighted by Gasteiger charge is 2.23. The Morgan fingerprint density at radius 1 is 1.17 bits per heavy atom. The third kappa shape index (κ3) is 6.43. The van der Waals surface area contributed by atoms with E-state index in [-0.39, 0.29) is 11.9 Å². The number of nitrogens with zero attached hydrogens (tertiary/aromatic N) is 2. The predicted octanol–water partition coefficient (Wildman–Crippen LogP) is 2.66. The topological polar surface area (TPSA) is 65.0 Å². The Bertz CT molecular complexity index is 623. The molecule has 0 aromatic heterocycles. The monoisotopic (exact) mass is 403 g/mol. The molecule has 1 aliphatic heterocycles. The molecule has 0 spiro atoms. The van der Waals surface area contributed by atoms with Gasteiger partial charge in [0.2, 0.25) is 0 Å². The van der Waals surface area contributed by atoms with Gasteiger partial charge in [0.15, 0.2) is 0 Å². The van der Waals surface area contributed by atoms with Gasteiger partial charge in [-0.3, -0.25) is 4.79 Å². The number of β-amino-alcohol motifs (C(OH)–C–C–N with tert-alkyl or cyclic N) is 1. The zero-order valence-corrected chi connectivity index (χ0v) is 18.0. The molecule has 1 heterocycles. The van der Waals surface area contributed by atoms with Crippen molar-refractivity contribution in [2.45, 2.75) is 63.1 Å². The van der Waals surface area contributed by atoms with Crippen LogP contribution in [0.5, 0.6) is 0 Å². The van der Waals surface area contributed by atoms with E-state index < -0.39 is 6.10 Å². The lowest BCUT2D eigenvalue weighted by Crippen LogP contribution is -2.47. The molecule has 1 aromatic carbocycles. The van der Waals surface area contributed by atoms with E-state index in [1.54, 1.807) is 7.11 Å². The van der Waals surface area contributed by atoms with Gasteiger partial charge >= 0.3 is 0 Å². The summed E-state index contributed by atoms with van der Waals surface area (Å²) in [5.74, 6) is 0.00902. The SMILES string of the molecule is COC[C@@H](O)CN1CCC(NC(=O)c2ccc(N(C)C3CCCCC3)cc2)CC1. The second-order valence-corrected chi connectivity index (χ2v) is 8.61. The van der Waals surface area contributed by atoms with E-state index in [9.17, 15) is 9.90 Å². The zero-order chi connectivity index (χ0) is 20.6. The van der Waals surface area contributed by atoms with Gasteiger partial charge in [0.25, 0.3) is 5.91 Å². The Balaban J connectivity index is 1.45. The van der Waals surface area contributed by atoms with Crippen LogP contribution in [0, 0.1) is 0 Å². The van der Waals surface area contributed by atoms with E-state index >= 15 is 0 Å². The Kier molecular flexibility index (Phi) is 8.33. The van der Waals surface area contributed by atoms with Crippen LogP contribution in [-0.4, -0.2) is 74.5 Å². The summed E-state index contributed by atoms with van der Waals surface area (Å²) >= 11 is 0. The molecule has 0 unspecified atom stereocenters. The summed E-state index contributed by atoms with van der Waals surface area (Å²) in [7, 11) is 3.77. The van der Waals surface area contributed by atoms with Crippen molar-refractivity contribution in [3.05, 3.63) is 29.8 Å². The van der Waals surface area contributed by atoms with Crippen LogP contribution in [0.25, 0.3) is 0 Å². The molecule has 1 amide bonds. The summed E-state index contributed by atoms with van der Waals surface area (Å²) in [5.41, 5.74) is 1.92. The molecule has 2 fully saturated rings. The van der Waals surface area contributed by atoms with E-state index in [1.165, 1.54) is 37.8 Å². The van der Waals surface area contributed by atoms with Crippen LogP contribution < -0.4 is 10.2 Å². The number of likely N-dealkylation sites (tertiary alicyclic amines) is 1. The minimum Gasteiger partial charge on any atom is -0.389 e. The summed E-state index contributed by atoms with van der Waals surface area (Å²) in [5, 5.41) is 13.0. The highest BCUT2D eigenvalue weighted by atomic mass is 16.5. The van der Waals surface area contributed by atoms with Crippen molar-refractivity contribution in [2.24, 2.45) is 0 Å². The van der Waals surface area contributed by atoms with Crippen LogP contribution in [0.3, 0.4) is 0 Å². The second-order valence-electron chi connectivity index (χ2n) is 8.61. The third-order valence-electron chi connectivity index (χ3n) is 6.41. The van der Waals surface area contributed by atoms with E-state index in [4.69, 9.17) is 4.74 Å². The van der Waals surface area contributed by atoms with Gasteiger partial charge in [0, 0.05) is 57.1 Å². The van der Waals surface area contributed by atoms with Crippen LogP contribution in [0.4, 0.5) is 5.69 Å². The normalized spacial score (nSPS) is 20.4. The van der Waals surface area contributed by atoms with E-state index in [2.05, 4.69) is 34.3 Å². The molecule has 0 radical (unpaired) electrons. The summed E-state index contributed by atoms with van der Waals surface area (Å²) in [6, 6.07) is 8.85. The van der Waals surface area contributed by atoms with Crippen molar-refractivity contribution >= 4 is 11.6 Å². The van der Waals surface area contributed by atoms with Crippen molar-refractivity contribution in [1.29, 1.82) is 0 Å². The standard InChI is InChI=1S/C23H37N3O3/c1-25(20-6-4-3-5-7-20)21-10-8-18(9-11-21)23(28)24-19-12-14-26(15-13-19)16-22(27)17-29-2/h8-11,19-20,22,27H,3-7,12-17H2,1-2H3,(H,24,28)/t22-/m0/s1. The first kappa shape index (κ1) is 22.1. The number of anilines is 1. The van der Waals surface area contributed by atoms with E-state index in [1.807, 2.05) is 12.1 Å². The molecule has 6 heteroatoms. The highest BCUT2D eigenvalue weighted by Crippen LogP contribution is 2.26. The Labute approximate surface area is 175 Å². The average Bonchev–Trinajstić information content (AvgIpc) is 2.75. The number of carbonyl (C=O) groups excluding carboxylic acids is 1. The Morgan fingerprint density at radius 2 is 1.83 bits per heavy atom. The number of carbonyl (C=O) groups is 1. The number of methoxy groups -OCH3 is 1. The van der Waals surface area contributed by atoms with Gasteiger partial charge in [-0.15, -0.1) is 0 Å². The van der Waals surface area contributed by atoms with Crippen molar-refractivity contribution in [3.8, 4) is 0 Å². The molecule has 1 atom stereocenters. The molecule has 2 aliphatic rings. The Hall–Kier alpha value is -1.63. The number of nitrogens with one attached hydrogen (secondary N) is 1. The molecule has 29 heavy (non-hydrogen) atoms. The van der Waals surface area contributed by atoms with Gasteiger partial charge in [-0.05, 0) is 49.9 Å². The van der Waals surface area contributed by atoms with E-state index in [0.717, 1.165) is 31.5 Å². The first-order valence-corrected chi connectivity index (χ1v) is 11.1. The van der Waals surface area contributed by atoms with Gasteiger partial charge in [-0.25, -0.2) is 0 Å². The molecule has 1 saturated carbocycles. The number of aliphatic hydroxyl groups excluding tert-OH is 1. The largest absolute Gasteiger partial charge is 0.389 e. The van der Waals surface area contributed by atoms with Gasteiger partial charge in [0.1, 0.15) is 0 Å². The molecule has 6 nitrogen and oxygen atoms in total. The maximum Gasteiger partial charge on any atom is 0.251 e. The van der Waals surface area contributed by atoms with Crippen LogP contribution in [0.1, 0.15) is 55.3 Å². The van der Waals surface area contributed by atoms with Crippen molar-refractivity contribution in [1.82, 2.24) is 10.2 Å². The molecule has 1 saturated heterocycles. The smallest absolute Gasteiger partial charge is 0.251 e. The minimum atomic E-state index is -0.448. The predicted molar refractivity (Wildman–Crippen MR) is 117 cm³/mol. The highest BCUT2D eigenvalue weighted by molar-refractivity contribution is 5.94. The fourth-order valence-electron chi connectivity index (χ4n) is 4.60. The fourth-order valence-corrected chi connectivity index (χ4v) is 4.60. The summed E-state index contributed by atoms with van der Waals surface area (Å²) in [6.45, 7) is 2.76. The summed E-state index contributed by atoms with van der Waals surface area (Å²) < 4.78 is 4.99. The number of amides is 1. The van der Waals surface area contributed by atoms with Gasteiger partial charge in [-0.1, -0.05) is 19.3 Å². The number of hydrogen-bond acceptors (Lipinski definition) is 5. The molecule has 1 aromatic rings. The average molecular weight is 404 g/mol. The fraction of sp³-hybridized carbons (Fsp3) is 0.696. The lowest BCUT2D eigenvalue weighted by Gasteiger charge is -2.33. The van der Waals surface area contributed by atoms with Crippen LogP contribution in [0.2, 0.25) is 0 Å². The minimum absolute atomic E-state index is 0.00902. The van der Waals surface area contributed by atoms with Crippen molar-refractivity contribution in [2.75, 3.05) is 45.3 Å². The van der Waals surface area contributed by atoms with Gasteiger partial charge in [-0.2, -0.15) is 0 Å². The maximum atomic E-state index is 12.6. The van der Waals surface area contributed by atoms with Gasteiger partial charge in [0.05, 0.1) is 12.7 Å². The second kappa shape index (κ2) is 11.0. The molecule has 2 N–H and O–H groups in total.